The van der Waals surface area contributed by atoms with E-state index in [2.05, 4.69) is 31.2 Å². The molecule has 3 aromatic rings. The van der Waals surface area contributed by atoms with Gasteiger partial charge in [-0.15, -0.1) is 0 Å². The first-order valence-electron chi connectivity index (χ1n) is 9.10. The number of H-pyrrole nitrogens is 1. The predicted molar refractivity (Wildman–Crippen MR) is 118 cm³/mol. The molecule has 0 spiro atoms. The second kappa shape index (κ2) is 8.53. The van der Waals surface area contributed by atoms with Crippen molar-refractivity contribution in [3.8, 4) is 0 Å². The van der Waals surface area contributed by atoms with Crippen molar-refractivity contribution >= 4 is 50.3 Å². The fraction of sp³-hybridized carbons (Fsp3) is 0.350. The molecule has 148 valence electrons. The number of aromatic amines is 1. The number of aryl methyl sites for hydroxylation is 2. The van der Waals surface area contributed by atoms with E-state index in [4.69, 9.17) is 0 Å². The van der Waals surface area contributed by atoms with E-state index in [1.165, 1.54) is 11.8 Å². The number of anilines is 1. The molecule has 1 atom stereocenters. The van der Waals surface area contributed by atoms with Gasteiger partial charge in [0.05, 0.1) is 11.3 Å². The Morgan fingerprint density at radius 2 is 2.11 bits per heavy atom. The summed E-state index contributed by atoms with van der Waals surface area (Å²) < 4.78 is 2.68. The first-order chi connectivity index (χ1) is 13.3. The molecule has 2 N–H and O–H groups in total. The quantitative estimate of drug-likeness (QED) is 0.406. The monoisotopic (exact) mass is 462 g/mol. The number of thioether (sulfide) groups is 1. The first-order valence-corrected chi connectivity index (χ1v) is 10.9. The van der Waals surface area contributed by atoms with Crippen molar-refractivity contribution in [1.29, 1.82) is 0 Å². The van der Waals surface area contributed by atoms with Gasteiger partial charge in [-0.3, -0.25) is 14.2 Å². The number of halogens is 1. The summed E-state index contributed by atoms with van der Waals surface area (Å²) in [5.74, 6) is 0.0365. The molecule has 28 heavy (non-hydrogen) atoms. The summed E-state index contributed by atoms with van der Waals surface area (Å²) in [5, 5.41) is 3.46. The maximum atomic E-state index is 12.9. The molecule has 0 aliphatic heterocycles. The lowest BCUT2D eigenvalue weighted by molar-refractivity contribution is -0.113. The second-order valence-corrected chi connectivity index (χ2v) is 8.64. The lowest BCUT2D eigenvalue weighted by Crippen LogP contribution is -2.26. The van der Waals surface area contributed by atoms with Crippen LogP contribution in [0.25, 0.3) is 11.0 Å². The summed E-state index contributed by atoms with van der Waals surface area (Å²) in [6, 6.07) is 7.51. The fourth-order valence-corrected chi connectivity index (χ4v) is 4.06. The molecular formula is C20H23BrN4O2S. The van der Waals surface area contributed by atoms with Gasteiger partial charge in [0.25, 0.3) is 5.56 Å². The Balaban J connectivity index is 1.83. The summed E-state index contributed by atoms with van der Waals surface area (Å²) in [4.78, 5) is 33.1. The number of fused-ring (bicyclic) bond motifs is 1. The summed E-state index contributed by atoms with van der Waals surface area (Å²) >= 11 is 4.73. The van der Waals surface area contributed by atoms with Crippen molar-refractivity contribution in [3.63, 3.8) is 0 Å². The number of rotatable bonds is 6. The highest BCUT2D eigenvalue weighted by atomic mass is 79.9. The minimum absolute atomic E-state index is 0.00677. The standard InChI is InChI=1S/C20H23BrN4O2S/c1-5-13(4)25-19(27)18-16(9-12(3)22-18)24-20(25)28-10-17(26)23-14-6-7-15(21)11(2)8-14/h6-9,13,22H,5,10H2,1-4H3,(H,23,26)/t13-/m0/s1. The Bertz CT molecular complexity index is 1090. The number of nitrogens with zero attached hydrogens (tertiary/aromatic N) is 2. The highest BCUT2D eigenvalue weighted by molar-refractivity contribution is 9.10. The van der Waals surface area contributed by atoms with Crippen LogP contribution in [0, 0.1) is 13.8 Å². The van der Waals surface area contributed by atoms with E-state index < -0.39 is 0 Å². The highest BCUT2D eigenvalue weighted by Gasteiger charge is 2.18. The third kappa shape index (κ3) is 4.33. The van der Waals surface area contributed by atoms with Crippen LogP contribution in [0.2, 0.25) is 0 Å². The topological polar surface area (TPSA) is 79.8 Å². The van der Waals surface area contributed by atoms with Crippen LogP contribution in [0.3, 0.4) is 0 Å². The van der Waals surface area contributed by atoms with Crippen molar-refractivity contribution in [2.45, 2.75) is 45.3 Å². The van der Waals surface area contributed by atoms with Crippen LogP contribution >= 0.6 is 27.7 Å². The SMILES string of the molecule is CC[C@H](C)n1c(SCC(=O)Nc2ccc(Br)c(C)c2)nc2cc(C)[nH]c2c1=O. The smallest absolute Gasteiger partial charge is 0.278 e. The van der Waals surface area contributed by atoms with Crippen molar-refractivity contribution < 1.29 is 4.79 Å². The maximum absolute atomic E-state index is 12.9. The minimum atomic E-state index is -0.137. The average molecular weight is 463 g/mol. The molecule has 0 saturated carbocycles. The summed E-state index contributed by atoms with van der Waals surface area (Å²) in [5.41, 5.74) is 3.73. The molecule has 1 aromatic carbocycles. The van der Waals surface area contributed by atoms with Gasteiger partial charge in [0.2, 0.25) is 5.91 Å². The van der Waals surface area contributed by atoms with Crippen LogP contribution < -0.4 is 10.9 Å². The Morgan fingerprint density at radius 3 is 2.79 bits per heavy atom. The van der Waals surface area contributed by atoms with Crippen molar-refractivity contribution in [2.75, 3.05) is 11.1 Å². The number of nitrogens with one attached hydrogen (secondary N) is 2. The fourth-order valence-electron chi connectivity index (χ4n) is 2.91. The van der Waals surface area contributed by atoms with Crippen molar-refractivity contribution in [1.82, 2.24) is 14.5 Å². The molecular weight excluding hydrogens is 440 g/mol. The number of carbonyl (C=O) groups excluding carboxylic acids is 1. The normalized spacial score (nSPS) is 12.3. The second-order valence-electron chi connectivity index (χ2n) is 6.84. The molecule has 0 unspecified atom stereocenters. The molecule has 2 aromatic heterocycles. The molecule has 0 aliphatic carbocycles. The Morgan fingerprint density at radius 1 is 1.36 bits per heavy atom. The number of hydrogen-bond acceptors (Lipinski definition) is 4. The number of carbonyl (C=O) groups is 1. The number of amides is 1. The predicted octanol–water partition coefficient (Wildman–Crippen LogP) is 4.81. The molecule has 0 fully saturated rings. The molecule has 1 amide bonds. The largest absolute Gasteiger partial charge is 0.353 e. The molecule has 0 bridgehead atoms. The zero-order valence-electron chi connectivity index (χ0n) is 16.3. The molecule has 8 heteroatoms. The van der Waals surface area contributed by atoms with E-state index >= 15 is 0 Å². The lowest BCUT2D eigenvalue weighted by Gasteiger charge is -2.17. The van der Waals surface area contributed by atoms with Gasteiger partial charge in [-0.05, 0) is 57.0 Å². The zero-order chi connectivity index (χ0) is 20.4. The Labute approximate surface area is 176 Å². The highest BCUT2D eigenvalue weighted by Crippen LogP contribution is 2.24. The number of benzene rings is 1. The van der Waals surface area contributed by atoms with Gasteiger partial charge in [-0.25, -0.2) is 4.98 Å². The molecule has 2 heterocycles. The first kappa shape index (κ1) is 20.7. The van der Waals surface area contributed by atoms with Gasteiger partial charge in [0, 0.05) is 21.9 Å². The average Bonchev–Trinajstić information content (AvgIpc) is 3.03. The van der Waals surface area contributed by atoms with Crippen LogP contribution in [-0.2, 0) is 4.79 Å². The summed E-state index contributed by atoms with van der Waals surface area (Å²) in [7, 11) is 0. The summed E-state index contributed by atoms with van der Waals surface area (Å²) in [6.45, 7) is 7.88. The van der Waals surface area contributed by atoms with E-state index in [0.29, 0.717) is 16.2 Å². The van der Waals surface area contributed by atoms with Crippen LogP contribution in [0.15, 0.2) is 38.7 Å². The lowest BCUT2D eigenvalue weighted by atomic mass is 10.2. The molecule has 3 rings (SSSR count). The molecule has 6 nitrogen and oxygen atoms in total. The zero-order valence-corrected chi connectivity index (χ0v) is 18.7. The van der Waals surface area contributed by atoms with Crippen LogP contribution in [0.1, 0.15) is 37.6 Å². The number of aromatic nitrogens is 3. The van der Waals surface area contributed by atoms with Crippen molar-refractivity contribution in [3.05, 3.63) is 50.3 Å². The number of hydrogen-bond donors (Lipinski definition) is 2. The van der Waals surface area contributed by atoms with Gasteiger partial charge >= 0.3 is 0 Å². The minimum Gasteiger partial charge on any atom is -0.353 e. The van der Waals surface area contributed by atoms with Crippen LogP contribution in [0.5, 0.6) is 0 Å². The molecule has 0 radical (unpaired) electrons. The van der Waals surface area contributed by atoms with E-state index in [0.717, 1.165) is 27.8 Å². The van der Waals surface area contributed by atoms with Crippen molar-refractivity contribution in [2.24, 2.45) is 0 Å². The van der Waals surface area contributed by atoms with Gasteiger partial charge in [0.15, 0.2) is 5.16 Å². The third-order valence-corrected chi connectivity index (χ3v) is 6.43. The van der Waals surface area contributed by atoms with Crippen LogP contribution in [-0.4, -0.2) is 26.2 Å². The van der Waals surface area contributed by atoms with Gasteiger partial charge in [-0.2, -0.15) is 0 Å². The van der Waals surface area contributed by atoms with E-state index in [1.54, 1.807) is 4.57 Å². The van der Waals surface area contributed by atoms with Gasteiger partial charge < -0.3 is 10.3 Å². The Kier molecular flexibility index (Phi) is 6.30. The maximum Gasteiger partial charge on any atom is 0.278 e. The third-order valence-electron chi connectivity index (χ3n) is 4.59. The molecule has 0 saturated heterocycles. The Hall–Kier alpha value is -2.06. The van der Waals surface area contributed by atoms with Gasteiger partial charge in [0.1, 0.15) is 5.52 Å². The van der Waals surface area contributed by atoms with E-state index in [-0.39, 0.29) is 23.3 Å². The van der Waals surface area contributed by atoms with E-state index in [9.17, 15) is 9.59 Å². The van der Waals surface area contributed by atoms with Crippen LogP contribution in [0.4, 0.5) is 5.69 Å². The van der Waals surface area contributed by atoms with E-state index in [1.807, 2.05) is 52.0 Å². The molecule has 0 aliphatic rings. The van der Waals surface area contributed by atoms with Gasteiger partial charge in [-0.1, -0.05) is 34.6 Å². The summed E-state index contributed by atoms with van der Waals surface area (Å²) in [6.07, 6.45) is 0.796.